The molecule has 3 rings (SSSR count). The van der Waals surface area contributed by atoms with Crippen molar-refractivity contribution >= 4 is 34.5 Å². The van der Waals surface area contributed by atoms with E-state index in [0.717, 1.165) is 11.3 Å². The summed E-state index contributed by atoms with van der Waals surface area (Å²) in [5.74, 6) is 0.604. The van der Waals surface area contributed by atoms with E-state index in [1.54, 1.807) is 11.2 Å². The Morgan fingerprint density at radius 1 is 1.06 bits per heavy atom. The number of amides is 2. The van der Waals surface area contributed by atoms with E-state index in [1.807, 2.05) is 87.6 Å². The second-order valence-corrected chi connectivity index (χ2v) is 9.61. The Morgan fingerprint density at radius 2 is 1.84 bits per heavy atom. The molecule has 6 nitrogen and oxygen atoms in total. The molecule has 0 saturated carbocycles. The highest BCUT2D eigenvalue weighted by Crippen LogP contribution is 2.27. The lowest BCUT2D eigenvalue weighted by Gasteiger charge is -2.26. The number of benzene rings is 1. The summed E-state index contributed by atoms with van der Waals surface area (Å²) in [5.41, 5.74) is 2.13. The molecule has 0 aliphatic carbocycles. The SMILES string of the molecule is CN(C)c1ccc(NC(=O)C(C)(C)C)cc1CN(Cc1ccco1)C(=O)c1cccs1. The molecule has 0 fully saturated rings. The Balaban J connectivity index is 1.93. The first-order valence-corrected chi connectivity index (χ1v) is 11.0. The second kappa shape index (κ2) is 9.39. The van der Waals surface area contributed by atoms with Crippen LogP contribution in [0.25, 0.3) is 0 Å². The Hall–Kier alpha value is -3.06. The number of thiophene rings is 1. The summed E-state index contributed by atoms with van der Waals surface area (Å²) >= 11 is 1.42. The van der Waals surface area contributed by atoms with Crippen LogP contribution in [0.4, 0.5) is 11.4 Å². The lowest BCUT2D eigenvalue weighted by Crippen LogP contribution is -2.30. The predicted molar refractivity (Wildman–Crippen MR) is 125 cm³/mol. The fraction of sp³-hybridized carbons (Fsp3) is 0.333. The van der Waals surface area contributed by atoms with Crippen LogP contribution >= 0.6 is 11.3 Å². The minimum absolute atomic E-state index is 0.0553. The van der Waals surface area contributed by atoms with E-state index < -0.39 is 5.41 Å². The van der Waals surface area contributed by atoms with Crippen LogP contribution in [-0.4, -0.2) is 30.8 Å². The number of nitrogens with one attached hydrogen (secondary N) is 1. The molecule has 3 aromatic rings. The van der Waals surface area contributed by atoms with Gasteiger partial charge in [0.15, 0.2) is 0 Å². The van der Waals surface area contributed by atoms with Crippen molar-refractivity contribution in [3.05, 3.63) is 70.3 Å². The predicted octanol–water partition coefficient (Wildman–Crippen LogP) is 5.23. The third-order valence-corrected chi connectivity index (χ3v) is 5.67. The zero-order valence-electron chi connectivity index (χ0n) is 18.6. The maximum atomic E-state index is 13.2. The van der Waals surface area contributed by atoms with Crippen LogP contribution < -0.4 is 10.2 Å². The van der Waals surface area contributed by atoms with Crippen molar-refractivity contribution in [3.63, 3.8) is 0 Å². The van der Waals surface area contributed by atoms with E-state index in [4.69, 9.17) is 4.42 Å². The number of carbonyl (C=O) groups excluding carboxylic acids is 2. The first-order valence-electron chi connectivity index (χ1n) is 10.1. The Labute approximate surface area is 187 Å². The van der Waals surface area contributed by atoms with Crippen molar-refractivity contribution in [3.8, 4) is 0 Å². The van der Waals surface area contributed by atoms with Crippen LogP contribution in [0.5, 0.6) is 0 Å². The van der Waals surface area contributed by atoms with Crippen molar-refractivity contribution in [2.45, 2.75) is 33.9 Å². The molecule has 1 N–H and O–H groups in total. The first kappa shape index (κ1) is 22.6. The third-order valence-electron chi connectivity index (χ3n) is 4.81. The number of anilines is 2. The number of hydrogen-bond acceptors (Lipinski definition) is 5. The zero-order valence-corrected chi connectivity index (χ0v) is 19.5. The van der Waals surface area contributed by atoms with Gasteiger partial charge in [-0.3, -0.25) is 9.59 Å². The van der Waals surface area contributed by atoms with Crippen LogP contribution in [0.2, 0.25) is 0 Å². The van der Waals surface area contributed by atoms with Gasteiger partial charge in [0.2, 0.25) is 5.91 Å². The molecule has 31 heavy (non-hydrogen) atoms. The molecule has 1 aromatic carbocycles. The van der Waals surface area contributed by atoms with Crippen molar-refractivity contribution < 1.29 is 14.0 Å². The quantitative estimate of drug-likeness (QED) is 0.547. The molecule has 0 atom stereocenters. The smallest absolute Gasteiger partial charge is 0.264 e. The van der Waals surface area contributed by atoms with E-state index >= 15 is 0 Å². The van der Waals surface area contributed by atoms with Crippen molar-refractivity contribution in [2.75, 3.05) is 24.3 Å². The molecule has 0 bridgehead atoms. The summed E-state index contributed by atoms with van der Waals surface area (Å²) in [6.45, 7) is 6.37. The van der Waals surface area contributed by atoms with Crippen molar-refractivity contribution in [1.82, 2.24) is 4.90 Å². The monoisotopic (exact) mass is 439 g/mol. The molecule has 7 heteroatoms. The first-order chi connectivity index (χ1) is 14.6. The van der Waals surface area contributed by atoms with Gasteiger partial charge in [0, 0.05) is 37.4 Å². The molecule has 164 valence electrons. The molecule has 0 aliphatic heterocycles. The van der Waals surface area contributed by atoms with Gasteiger partial charge in [0.05, 0.1) is 17.7 Å². The lowest BCUT2D eigenvalue weighted by atomic mass is 9.95. The average molecular weight is 440 g/mol. The Bertz CT molecular complexity index is 1020. The molecule has 0 unspecified atom stereocenters. The van der Waals surface area contributed by atoms with E-state index in [0.29, 0.717) is 29.4 Å². The van der Waals surface area contributed by atoms with E-state index in [9.17, 15) is 9.59 Å². The van der Waals surface area contributed by atoms with Gasteiger partial charge < -0.3 is 19.5 Å². The molecule has 2 aromatic heterocycles. The van der Waals surface area contributed by atoms with Gasteiger partial charge in [-0.15, -0.1) is 11.3 Å². The molecule has 0 aliphatic rings. The maximum Gasteiger partial charge on any atom is 0.264 e. The van der Waals surface area contributed by atoms with Gasteiger partial charge in [-0.25, -0.2) is 0 Å². The Kier molecular flexibility index (Phi) is 6.85. The van der Waals surface area contributed by atoms with Gasteiger partial charge in [-0.2, -0.15) is 0 Å². The summed E-state index contributed by atoms with van der Waals surface area (Å²) in [5, 5.41) is 4.88. The standard InChI is InChI=1S/C24H29N3O3S/c1-24(2,3)23(29)25-18-10-11-20(26(4)5)17(14-18)15-27(16-19-8-6-12-30-19)22(28)21-9-7-13-31-21/h6-14H,15-16H2,1-5H3,(H,25,29). The number of rotatable bonds is 7. The molecule has 0 radical (unpaired) electrons. The fourth-order valence-corrected chi connectivity index (χ4v) is 3.79. The van der Waals surface area contributed by atoms with Crippen LogP contribution in [0, 0.1) is 5.41 Å². The molecule has 2 amide bonds. The van der Waals surface area contributed by atoms with Gasteiger partial charge >= 0.3 is 0 Å². The summed E-state index contributed by atoms with van der Waals surface area (Å²) in [7, 11) is 3.93. The van der Waals surface area contributed by atoms with Crippen molar-refractivity contribution in [2.24, 2.45) is 5.41 Å². The minimum atomic E-state index is -0.499. The normalized spacial score (nSPS) is 11.3. The lowest BCUT2D eigenvalue weighted by molar-refractivity contribution is -0.123. The summed E-state index contributed by atoms with van der Waals surface area (Å²) in [4.78, 5) is 30.1. The highest BCUT2D eigenvalue weighted by Gasteiger charge is 2.23. The number of nitrogens with zero attached hydrogens (tertiary/aromatic N) is 2. The zero-order chi connectivity index (χ0) is 22.6. The molecule has 2 heterocycles. The Morgan fingerprint density at radius 3 is 2.42 bits per heavy atom. The van der Waals surface area contributed by atoms with Gasteiger partial charge in [-0.05, 0) is 47.3 Å². The van der Waals surface area contributed by atoms with E-state index in [1.165, 1.54) is 11.3 Å². The summed E-state index contributed by atoms with van der Waals surface area (Å²) < 4.78 is 5.50. The number of hydrogen-bond donors (Lipinski definition) is 1. The molecule has 0 spiro atoms. The second-order valence-electron chi connectivity index (χ2n) is 8.66. The molecular formula is C24H29N3O3S. The van der Waals surface area contributed by atoms with Crippen LogP contribution in [-0.2, 0) is 17.9 Å². The number of furan rings is 1. The highest BCUT2D eigenvalue weighted by molar-refractivity contribution is 7.12. The van der Waals surface area contributed by atoms with Gasteiger partial charge in [-0.1, -0.05) is 26.8 Å². The average Bonchev–Trinajstić information content (AvgIpc) is 3.40. The van der Waals surface area contributed by atoms with Crippen molar-refractivity contribution in [1.29, 1.82) is 0 Å². The fourth-order valence-electron chi connectivity index (χ4n) is 3.10. The molecular weight excluding hydrogens is 410 g/mol. The van der Waals surface area contributed by atoms with E-state index in [-0.39, 0.29) is 11.8 Å². The molecule has 0 saturated heterocycles. The third kappa shape index (κ3) is 5.76. The minimum Gasteiger partial charge on any atom is -0.467 e. The topological polar surface area (TPSA) is 65.8 Å². The van der Waals surface area contributed by atoms with Gasteiger partial charge in [0.25, 0.3) is 5.91 Å². The largest absolute Gasteiger partial charge is 0.467 e. The highest BCUT2D eigenvalue weighted by atomic mass is 32.1. The van der Waals surface area contributed by atoms with Crippen LogP contribution in [0.1, 0.15) is 41.8 Å². The summed E-state index contributed by atoms with van der Waals surface area (Å²) in [6.07, 6.45) is 1.61. The maximum absolute atomic E-state index is 13.2. The van der Waals surface area contributed by atoms with E-state index in [2.05, 4.69) is 5.32 Å². The van der Waals surface area contributed by atoms with Crippen LogP contribution in [0.15, 0.2) is 58.5 Å². The summed E-state index contributed by atoms with van der Waals surface area (Å²) in [6, 6.07) is 13.2. The van der Waals surface area contributed by atoms with Crippen LogP contribution in [0.3, 0.4) is 0 Å². The van der Waals surface area contributed by atoms with Gasteiger partial charge in [0.1, 0.15) is 5.76 Å². The number of carbonyl (C=O) groups is 2.